The lowest BCUT2D eigenvalue weighted by Crippen LogP contribution is -2.48. The number of nitrogens with zero attached hydrogens (tertiary/aromatic N) is 1. The van der Waals surface area contributed by atoms with Gasteiger partial charge in [0.05, 0.1) is 12.3 Å². The van der Waals surface area contributed by atoms with Gasteiger partial charge in [-0.05, 0) is 38.5 Å². The zero-order chi connectivity index (χ0) is 16.3. The van der Waals surface area contributed by atoms with Gasteiger partial charge in [0.1, 0.15) is 0 Å². The van der Waals surface area contributed by atoms with Gasteiger partial charge in [-0.25, -0.2) is 0 Å². The first-order valence-corrected chi connectivity index (χ1v) is 7.88. The molecule has 1 saturated heterocycles. The molecule has 1 aliphatic carbocycles. The standard InChI is InChI=1S/C15H22F3NO3/c16-15(17,18)11-5-3-4-10(8-11)14(22)19-7-2-1-6-12(19)9-13(20)21/h10-12H,1-9H2,(H,20,21). The third kappa shape index (κ3) is 4.14. The number of hydrogen-bond donors (Lipinski definition) is 1. The van der Waals surface area contributed by atoms with Crippen molar-refractivity contribution in [2.45, 2.75) is 63.6 Å². The maximum atomic E-state index is 12.9. The van der Waals surface area contributed by atoms with Crippen LogP contribution in [0.3, 0.4) is 0 Å². The van der Waals surface area contributed by atoms with Crippen molar-refractivity contribution in [1.82, 2.24) is 4.90 Å². The number of piperidine rings is 1. The summed E-state index contributed by atoms with van der Waals surface area (Å²) in [5.74, 6) is -3.27. The summed E-state index contributed by atoms with van der Waals surface area (Å²) < 4.78 is 38.6. The van der Waals surface area contributed by atoms with Crippen molar-refractivity contribution in [3.63, 3.8) is 0 Å². The van der Waals surface area contributed by atoms with Crippen molar-refractivity contribution in [3.05, 3.63) is 0 Å². The van der Waals surface area contributed by atoms with E-state index in [9.17, 15) is 22.8 Å². The second-order valence-electron chi connectivity index (χ2n) is 6.38. The number of rotatable bonds is 3. The van der Waals surface area contributed by atoms with Crippen LogP contribution in [-0.4, -0.2) is 40.6 Å². The van der Waals surface area contributed by atoms with Crippen LogP contribution in [0.2, 0.25) is 0 Å². The Morgan fingerprint density at radius 3 is 2.45 bits per heavy atom. The van der Waals surface area contributed by atoms with Gasteiger partial charge >= 0.3 is 12.1 Å². The summed E-state index contributed by atoms with van der Waals surface area (Å²) in [4.78, 5) is 25.0. The van der Waals surface area contributed by atoms with Crippen molar-refractivity contribution in [2.24, 2.45) is 11.8 Å². The second-order valence-corrected chi connectivity index (χ2v) is 6.38. The molecule has 0 radical (unpaired) electrons. The summed E-state index contributed by atoms with van der Waals surface area (Å²) >= 11 is 0. The van der Waals surface area contributed by atoms with Crippen LogP contribution in [0.15, 0.2) is 0 Å². The number of likely N-dealkylation sites (tertiary alicyclic amines) is 1. The van der Waals surface area contributed by atoms with E-state index >= 15 is 0 Å². The topological polar surface area (TPSA) is 57.6 Å². The molecule has 1 aliphatic heterocycles. The Kier molecular flexibility index (Phi) is 5.34. The minimum Gasteiger partial charge on any atom is -0.481 e. The van der Waals surface area contributed by atoms with Gasteiger partial charge in [-0.15, -0.1) is 0 Å². The van der Waals surface area contributed by atoms with E-state index in [0.29, 0.717) is 25.8 Å². The predicted octanol–water partition coefficient (Wildman–Crippen LogP) is 3.21. The maximum Gasteiger partial charge on any atom is 0.391 e. The Bertz CT molecular complexity index is 425. The molecule has 2 rings (SSSR count). The highest BCUT2D eigenvalue weighted by molar-refractivity contribution is 5.80. The van der Waals surface area contributed by atoms with Crippen molar-refractivity contribution < 1.29 is 27.9 Å². The van der Waals surface area contributed by atoms with E-state index < -0.39 is 24.0 Å². The number of aliphatic carboxylic acids is 1. The van der Waals surface area contributed by atoms with Gasteiger partial charge < -0.3 is 10.0 Å². The van der Waals surface area contributed by atoms with E-state index in [1.54, 1.807) is 0 Å². The van der Waals surface area contributed by atoms with Gasteiger partial charge in [-0.1, -0.05) is 6.42 Å². The molecule has 22 heavy (non-hydrogen) atoms. The first-order chi connectivity index (χ1) is 10.3. The minimum atomic E-state index is -4.25. The molecule has 1 amide bonds. The Labute approximate surface area is 127 Å². The number of hydrogen-bond acceptors (Lipinski definition) is 2. The highest BCUT2D eigenvalue weighted by Crippen LogP contribution is 2.41. The molecule has 0 spiro atoms. The number of carbonyl (C=O) groups excluding carboxylic acids is 1. The van der Waals surface area contributed by atoms with Gasteiger partial charge in [0.25, 0.3) is 0 Å². The number of carboxylic acids is 1. The minimum absolute atomic E-state index is 0.0891. The van der Waals surface area contributed by atoms with E-state index in [1.165, 1.54) is 4.90 Å². The zero-order valence-electron chi connectivity index (χ0n) is 12.4. The summed E-state index contributed by atoms with van der Waals surface area (Å²) in [6, 6.07) is -0.370. The van der Waals surface area contributed by atoms with Crippen molar-refractivity contribution in [2.75, 3.05) is 6.54 Å². The summed E-state index contributed by atoms with van der Waals surface area (Å²) in [7, 11) is 0. The second kappa shape index (κ2) is 6.87. The molecular weight excluding hydrogens is 299 g/mol. The molecule has 0 aromatic rings. The average molecular weight is 321 g/mol. The molecule has 1 N–H and O–H groups in total. The fourth-order valence-corrected chi connectivity index (χ4v) is 3.65. The zero-order valence-corrected chi connectivity index (χ0v) is 12.4. The van der Waals surface area contributed by atoms with Gasteiger partial charge in [0, 0.05) is 18.5 Å². The summed E-state index contributed by atoms with van der Waals surface area (Å²) in [5.41, 5.74) is 0. The van der Waals surface area contributed by atoms with Gasteiger partial charge in [0.15, 0.2) is 0 Å². The Hall–Kier alpha value is -1.27. The van der Waals surface area contributed by atoms with Crippen LogP contribution in [0.25, 0.3) is 0 Å². The molecule has 0 aromatic carbocycles. The molecule has 7 heteroatoms. The van der Waals surface area contributed by atoms with E-state index in [2.05, 4.69) is 0 Å². The smallest absolute Gasteiger partial charge is 0.391 e. The van der Waals surface area contributed by atoms with Crippen molar-refractivity contribution in [1.29, 1.82) is 0 Å². The molecule has 126 valence electrons. The molecule has 2 fully saturated rings. The highest BCUT2D eigenvalue weighted by Gasteiger charge is 2.45. The van der Waals surface area contributed by atoms with Crippen molar-refractivity contribution >= 4 is 11.9 Å². The Morgan fingerprint density at radius 1 is 1.09 bits per heavy atom. The first-order valence-electron chi connectivity index (χ1n) is 7.88. The van der Waals surface area contributed by atoms with Crippen LogP contribution in [0.1, 0.15) is 51.4 Å². The first kappa shape index (κ1) is 17.1. The van der Waals surface area contributed by atoms with Gasteiger partial charge in [-0.2, -0.15) is 13.2 Å². The average Bonchev–Trinajstić information content (AvgIpc) is 2.46. The quantitative estimate of drug-likeness (QED) is 0.868. The molecular formula is C15H22F3NO3. The Morgan fingerprint density at radius 2 is 1.82 bits per heavy atom. The lowest BCUT2D eigenvalue weighted by Gasteiger charge is -2.39. The van der Waals surface area contributed by atoms with E-state index in [1.807, 2.05) is 0 Å². The molecule has 1 heterocycles. The van der Waals surface area contributed by atoms with E-state index in [0.717, 1.165) is 12.8 Å². The lowest BCUT2D eigenvalue weighted by molar-refractivity contribution is -0.187. The summed E-state index contributed by atoms with van der Waals surface area (Å²) in [5, 5.41) is 8.94. The van der Waals surface area contributed by atoms with Gasteiger partial charge in [-0.3, -0.25) is 9.59 Å². The molecule has 3 atom stereocenters. The van der Waals surface area contributed by atoms with Crippen LogP contribution in [-0.2, 0) is 9.59 Å². The van der Waals surface area contributed by atoms with Crippen LogP contribution >= 0.6 is 0 Å². The lowest BCUT2D eigenvalue weighted by atomic mass is 9.79. The summed E-state index contributed by atoms with van der Waals surface area (Å²) in [6.45, 7) is 0.462. The van der Waals surface area contributed by atoms with Crippen LogP contribution in [0, 0.1) is 11.8 Å². The highest BCUT2D eigenvalue weighted by atomic mass is 19.4. The number of alkyl halides is 3. The van der Waals surface area contributed by atoms with Crippen molar-refractivity contribution in [3.8, 4) is 0 Å². The number of amides is 1. The van der Waals surface area contributed by atoms with Gasteiger partial charge in [0.2, 0.25) is 5.91 Å². The SMILES string of the molecule is O=C(O)CC1CCCCN1C(=O)C1CCCC(C(F)(F)F)C1. The van der Waals surface area contributed by atoms with Crippen LogP contribution in [0.4, 0.5) is 13.2 Å². The van der Waals surface area contributed by atoms with E-state index in [4.69, 9.17) is 5.11 Å². The molecule has 1 saturated carbocycles. The maximum absolute atomic E-state index is 12.9. The third-order valence-electron chi connectivity index (χ3n) is 4.81. The molecule has 0 bridgehead atoms. The summed E-state index contributed by atoms with van der Waals surface area (Å²) in [6.07, 6.45) is -1.30. The molecule has 4 nitrogen and oxygen atoms in total. The molecule has 3 unspecified atom stereocenters. The largest absolute Gasteiger partial charge is 0.481 e. The number of carboxylic acid groups (broad SMARTS) is 1. The Balaban J connectivity index is 2.03. The molecule has 2 aliphatic rings. The third-order valence-corrected chi connectivity index (χ3v) is 4.81. The fraction of sp³-hybridized carbons (Fsp3) is 0.867. The molecule has 0 aromatic heterocycles. The predicted molar refractivity (Wildman–Crippen MR) is 73.1 cm³/mol. The number of carbonyl (C=O) groups is 2. The van der Waals surface area contributed by atoms with Crippen LogP contribution in [0.5, 0.6) is 0 Å². The van der Waals surface area contributed by atoms with E-state index in [-0.39, 0.29) is 31.2 Å². The normalized spacial score (nSPS) is 30.1. The monoisotopic (exact) mass is 321 g/mol. The fourth-order valence-electron chi connectivity index (χ4n) is 3.65. The van der Waals surface area contributed by atoms with Crippen LogP contribution < -0.4 is 0 Å². The number of halogens is 3.